The molecule has 16 heavy (non-hydrogen) atoms. The Hall–Kier alpha value is -1.35. The van der Waals surface area contributed by atoms with Gasteiger partial charge in [-0.2, -0.15) is 0 Å². The maximum absolute atomic E-state index is 12.2. The van der Waals surface area contributed by atoms with Gasteiger partial charge >= 0.3 is 0 Å². The SMILES string of the molecule is CC1(O)c2ccccc2C(=O)N1C1CCC1. The highest BCUT2D eigenvalue weighted by molar-refractivity contribution is 5.99. The molecule has 0 bridgehead atoms. The van der Waals surface area contributed by atoms with E-state index >= 15 is 0 Å². The Balaban J connectivity index is 2.09. The molecule has 1 N–H and O–H groups in total. The lowest BCUT2D eigenvalue weighted by Crippen LogP contribution is -2.50. The molecule has 1 fully saturated rings. The monoisotopic (exact) mass is 217 g/mol. The summed E-state index contributed by atoms with van der Waals surface area (Å²) >= 11 is 0. The molecule has 84 valence electrons. The molecule has 0 radical (unpaired) electrons. The summed E-state index contributed by atoms with van der Waals surface area (Å²) in [6.07, 6.45) is 3.17. The summed E-state index contributed by atoms with van der Waals surface area (Å²) in [5.41, 5.74) is 0.268. The summed E-state index contributed by atoms with van der Waals surface area (Å²) in [7, 11) is 0. The fourth-order valence-corrected chi connectivity index (χ4v) is 2.71. The number of fused-ring (bicyclic) bond motifs is 1. The van der Waals surface area contributed by atoms with Crippen molar-refractivity contribution in [3.8, 4) is 0 Å². The van der Waals surface area contributed by atoms with Crippen molar-refractivity contribution in [3.05, 3.63) is 35.4 Å². The maximum Gasteiger partial charge on any atom is 0.257 e. The number of nitrogens with zero attached hydrogens (tertiary/aromatic N) is 1. The smallest absolute Gasteiger partial charge is 0.257 e. The molecular weight excluding hydrogens is 202 g/mol. The largest absolute Gasteiger partial charge is 0.367 e. The fourth-order valence-electron chi connectivity index (χ4n) is 2.71. The highest BCUT2D eigenvalue weighted by atomic mass is 16.3. The van der Waals surface area contributed by atoms with Crippen molar-refractivity contribution in [1.29, 1.82) is 0 Å². The average molecular weight is 217 g/mol. The van der Waals surface area contributed by atoms with Crippen LogP contribution in [0.25, 0.3) is 0 Å². The normalized spacial score (nSPS) is 29.1. The van der Waals surface area contributed by atoms with Crippen molar-refractivity contribution in [1.82, 2.24) is 4.90 Å². The van der Waals surface area contributed by atoms with E-state index in [1.54, 1.807) is 17.9 Å². The van der Waals surface area contributed by atoms with Gasteiger partial charge < -0.3 is 10.0 Å². The van der Waals surface area contributed by atoms with E-state index in [0.29, 0.717) is 5.56 Å². The Bertz CT molecular complexity index is 449. The second kappa shape index (κ2) is 3.08. The average Bonchev–Trinajstić information content (AvgIpc) is 2.39. The number of amides is 1. The lowest BCUT2D eigenvalue weighted by Gasteiger charge is -2.42. The summed E-state index contributed by atoms with van der Waals surface area (Å²) in [6, 6.07) is 7.56. The van der Waals surface area contributed by atoms with Crippen LogP contribution in [-0.4, -0.2) is 22.0 Å². The van der Waals surface area contributed by atoms with Crippen LogP contribution in [0.1, 0.15) is 42.1 Å². The van der Waals surface area contributed by atoms with Gasteiger partial charge in [-0.25, -0.2) is 0 Å². The van der Waals surface area contributed by atoms with Gasteiger partial charge in [-0.3, -0.25) is 4.79 Å². The first kappa shape index (κ1) is 9.85. The van der Waals surface area contributed by atoms with Gasteiger partial charge in [-0.05, 0) is 32.3 Å². The van der Waals surface area contributed by atoms with E-state index < -0.39 is 5.72 Å². The zero-order valence-electron chi connectivity index (χ0n) is 9.31. The van der Waals surface area contributed by atoms with Crippen LogP contribution in [0.3, 0.4) is 0 Å². The summed E-state index contributed by atoms with van der Waals surface area (Å²) in [5, 5.41) is 10.5. The molecule has 3 heteroatoms. The molecule has 1 atom stereocenters. The molecule has 1 heterocycles. The minimum atomic E-state index is -1.13. The van der Waals surface area contributed by atoms with Crippen molar-refractivity contribution in [2.24, 2.45) is 0 Å². The summed E-state index contributed by atoms with van der Waals surface area (Å²) in [4.78, 5) is 13.9. The molecule has 1 aromatic carbocycles. The van der Waals surface area contributed by atoms with E-state index in [1.807, 2.05) is 18.2 Å². The highest BCUT2D eigenvalue weighted by Crippen LogP contribution is 2.42. The first-order chi connectivity index (χ1) is 7.62. The molecule has 2 aliphatic rings. The summed E-state index contributed by atoms with van der Waals surface area (Å²) in [6.45, 7) is 1.72. The molecule has 3 nitrogen and oxygen atoms in total. The molecule has 0 spiro atoms. The quantitative estimate of drug-likeness (QED) is 0.780. The topological polar surface area (TPSA) is 40.5 Å². The third kappa shape index (κ3) is 1.09. The highest BCUT2D eigenvalue weighted by Gasteiger charge is 2.49. The van der Waals surface area contributed by atoms with Gasteiger partial charge in [-0.1, -0.05) is 18.2 Å². The third-order valence-corrected chi connectivity index (χ3v) is 3.80. The minimum Gasteiger partial charge on any atom is -0.367 e. The number of aliphatic hydroxyl groups is 1. The number of rotatable bonds is 1. The van der Waals surface area contributed by atoms with Crippen LogP contribution >= 0.6 is 0 Å². The van der Waals surface area contributed by atoms with Crippen LogP contribution in [0.15, 0.2) is 24.3 Å². The molecule has 3 rings (SSSR count). The first-order valence-electron chi connectivity index (χ1n) is 5.78. The van der Waals surface area contributed by atoms with Crippen molar-refractivity contribution in [2.75, 3.05) is 0 Å². The Kier molecular flexibility index (Phi) is 1.89. The second-order valence-corrected chi connectivity index (χ2v) is 4.83. The van der Waals surface area contributed by atoms with Crippen LogP contribution in [-0.2, 0) is 5.72 Å². The van der Waals surface area contributed by atoms with Gasteiger partial charge in [-0.15, -0.1) is 0 Å². The summed E-state index contributed by atoms with van der Waals surface area (Å²) in [5.74, 6) is -0.0229. The third-order valence-electron chi connectivity index (χ3n) is 3.80. The van der Waals surface area contributed by atoms with E-state index in [-0.39, 0.29) is 11.9 Å². The lowest BCUT2D eigenvalue weighted by atomic mass is 9.90. The fraction of sp³-hybridized carbons (Fsp3) is 0.462. The van der Waals surface area contributed by atoms with Crippen molar-refractivity contribution < 1.29 is 9.90 Å². The number of carbonyl (C=O) groups is 1. The van der Waals surface area contributed by atoms with E-state index in [9.17, 15) is 9.90 Å². The van der Waals surface area contributed by atoms with Gasteiger partial charge in [0, 0.05) is 17.2 Å². The van der Waals surface area contributed by atoms with Crippen LogP contribution in [0.5, 0.6) is 0 Å². The predicted octanol–water partition coefficient (Wildman–Crippen LogP) is 1.86. The van der Waals surface area contributed by atoms with Gasteiger partial charge in [0.25, 0.3) is 5.91 Å². The Labute approximate surface area is 94.7 Å². The molecule has 0 aromatic heterocycles. The molecule has 1 aliphatic carbocycles. The summed E-state index contributed by atoms with van der Waals surface area (Å²) < 4.78 is 0. The van der Waals surface area contributed by atoms with Crippen LogP contribution < -0.4 is 0 Å². The molecule has 1 amide bonds. The van der Waals surface area contributed by atoms with Crippen LogP contribution in [0.2, 0.25) is 0 Å². The van der Waals surface area contributed by atoms with Gasteiger partial charge in [0.15, 0.2) is 5.72 Å². The van der Waals surface area contributed by atoms with Gasteiger partial charge in [0.2, 0.25) is 0 Å². The number of hydrogen-bond acceptors (Lipinski definition) is 2. The van der Waals surface area contributed by atoms with Crippen molar-refractivity contribution in [3.63, 3.8) is 0 Å². The van der Waals surface area contributed by atoms with Crippen molar-refractivity contribution in [2.45, 2.75) is 38.0 Å². The number of carbonyl (C=O) groups excluding carboxylic acids is 1. The minimum absolute atomic E-state index is 0.0229. The van der Waals surface area contributed by atoms with E-state index in [0.717, 1.165) is 24.8 Å². The second-order valence-electron chi connectivity index (χ2n) is 4.83. The number of benzene rings is 1. The lowest BCUT2D eigenvalue weighted by molar-refractivity contribution is -0.100. The van der Waals surface area contributed by atoms with Crippen LogP contribution in [0.4, 0.5) is 0 Å². The number of hydrogen-bond donors (Lipinski definition) is 1. The van der Waals surface area contributed by atoms with Crippen molar-refractivity contribution >= 4 is 5.91 Å². The van der Waals surface area contributed by atoms with E-state index in [4.69, 9.17) is 0 Å². The van der Waals surface area contributed by atoms with E-state index in [1.165, 1.54) is 0 Å². The molecule has 1 aromatic rings. The van der Waals surface area contributed by atoms with Gasteiger partial charge in [0.05, 0.1) is 0 Å². The predicted molar refractivity (Wildman–Crippen MR) is 59.8 cm³/mol. The first-order valence-corrected chi connectivity index (χ1v) is 5.78. The Morgan fingerprint density at radius 2 is 2.06 bits per heavy atom. The molecular formula is C13H15NO2. The van der Waals surface area contributed by atoms with Gasteiger partial charge in [0.1, 0.15) is 0 Å². The molecule has 1 unspecified atom stereocenters. The molecule has 1 saturated carbocycles. The maximum atomic E-state index is 12.2. The Morgan fingerprint density at radius 3 is 2.62 bits per heavy atom. The molecule has 0 saturated heterocycles. The zero-order valence-corrected chi connectivity index (χ0v) is 9.31. The zero-order chi connectivity index (χ0) is 11.3. The van der Waals surface area contributed by atoms with Crippen LogP contribution in [0, 0.1) is 0 Å². The standard InChI is InChI=1S/C13H15NO2/c1-13(16)11-8-3-2-7-10(11)12(15)14(13)9-5-4-6-9/h2-3,7-9,16H,4-6H2,1H3. The van der Waals surface area contributed by atoms with E-state index in [2.05, 4.69) is 0 Å². The molecule has 1 aliphatic heterocycles. The Morgan fingerprint density at radius 1 is 1.38 bits per heavy atom.